The third-order valence-corrected chi connectivity index (χ3v) is 5.67. The molecule has 2 aromatic heterocycles. The van der Waals surface area contributed by atoms with Crippen molar-refractivity contribution >= 4 is 27.6 Å². The van der Waals surface area contributed by atoms with Gasteiger partial charge in [-0.3, -0.25) is 0 Å². The predicted octanol–water partition coefficient (Wildman–Crippen LogP) is 0.459. The summed E-state index contributed by atoms with van der Waals surface area (Å²) in [6, 6.07) is 1.21. The number of hydrogen-bond acceptors (Lipinski definition) is 8. The molecule has 0 amide bonds. The van der Waals surface area contributed by atoms with E-state index in [0.29, 0.717) is 25.6 Å². The monoisotopic (exact) mass is 432 g/mol. The molecule has 10 nitrogen and oxygen atoms in total. The van der Waals surface area contributed by atoms with E-state index in [-0.39, 0.29) is 29.8 Å². The van der Waals surface area contributed by atoms with Crippen molar-refractivity contribution in [3.05, 3.63) is 11.8 Å². The van der Waals surface area contributed by atoms with Gasteiger partial charge in [0.25, 0.3) is 6.43 Å². The third-order valence-electron chi connectivity index (χ3n) is 4.32. The number of hydrogen-bond donors (Lipinski definition) is 3. The van der Waals surface area contributed by atoms with E-state index in [1.807, 2.05) is 18.7 Å². The number of anilines is 2. The van der Waals surface area contributed by atoms with Gasteiger partial charge in [-0.2, -0.15) is 19.6 Å². The zero-order chi connectivity index (χ0) is 21.0. The van der Waals surface area contributed by atoms with Crippen molar-refractivity contribution in [2.45, 2.75) is 20.3 Å². The van der Waals surface area contributed by atoms with Gasteiger partial charge in [-0.05, 0) is 5.92 Å². The Morgan fingerprint density at radius 2 is 1.97 bits per heavy atom. The quantitative estimate of drug-likeness (QED) is 0.523. The van der Waals surface area contributed by atoms with Crippen molar-refractivity contribution in [2.75, 3.05) is 55.2 Å². The minimum atomic E-state index is -3.46. The van der Waals surface area contributed by atoms with Gasteiger partial charge < -0.3 is 15.5 Å². The molecule has 0 aliphatic carbocycles. The van der Waals surface area contributed by atoms with Gasteiger partial charge in [-0.1, -0.05) is 13.8 Å². The van der Waals surface area contributed by atoms with Gasteiger partial charge in [0.1, 0.15) is 5.69 Å². The molecule has 1 aliphatic rings. The van der Waals surface area contributed by atoms with Crippen molar-refractivity contribution in [1.29, 1.82) is 0 Å². The standard InChI is InChI=1S/C16H26F2N8O2S/c1-11(2)10-21-29(27,28)8-5-20-15-23-16(25-6-3-19-4-7-25)22-13-9-12(14(17)18)24-26(13)15/h9,11,14,19,21H,3-8,10H2,1-2H3,(H,20,22,23). The molecule has 3 N–H and O–H groups in total. The fourth-order valence-corrected chi connectivity index (χ4v) is 3.89. The number of rotatable bonds is 9. The second kappa shape index (κ2) is 9.13. The van der Waals surface area contributed by atoms with Crippen molar-refractivity contribution in [3.63, 3.8) is 0 Å². The van der Waals surface area contributed by atoms with Crippen LogP contribution in [-0.2, 0) is 10.0 Å². The molecule has 0 radical (unpaired) electrons. The number of halogens is 2. The summed E-state index contributed by atoms with van der Waals surface area (Å²) >= 11 is 0. The first kappa shape index (κ1) is 21.6. The molecule has 3 rings (SSSR count). The van der Waals surface area contributed by atoms with Crippen molar-refractivity contribution in [2.24, 2.45) is 5.92 Å². The number of nitrogens with zero attached hydrogens (tertiary/aromatic N) is 5. The number of aromatic nitrogens is 4. The van der Waals surface area contributed by atoms with E-state index in [2.05, 4.69) is 30.4 Å². The van der Waals surface area contributed by atoms with Crippen LogP contribution in [0.25, 0.3) is 5.65 Å². The molecule has 1 fully saturated rings. The van der Waals surface area contributed by atoms with Gasteiger partial charge in [-0.25, -0.2) is 21.9 Å². The largest absolute Gasteiger partial charge is 0.353 e. The topological polar surface area (TPSA) is 117 Å². The smallest absolute Gasteiger partial charge is 0.282 e. The number of piperazine rings is 1. The third kappa shape index (κ3) is 5.70. The highest BCUT2D eigenvalue weighted by atomic mass is 32.2. The van der Waals surface area contributed by atoms with Gasteiger partial charge in [0, 0.05) is 45.3 Å². The molecule has 2 aromatic rings. The van der Waals surface area contributed by atoms with E-state index in [1.54, 1.807) is 0 Å². The molecule has 0 spiro atoms. The molecule has 0 aromatic carbocycles. The average molecular weight is 433 g/mol. The summed E-state index contributed by atoms with van der Waals surface area (Å²) in [5, 5.41) is 9.99. The highest BCUT2D eigenvalue weighted by Crippen LogP contribution is 2.22. The SMILES string of the molecule is CC(C)CNS(=O)(=O)CCNc1nc(N2CCNCC2)nc2cc(C(F)F)nn12. The lowest BCUT2D eigenvalue weighted by molar-refractivity contribution is 0.145. The maximum absolute atomic E-state index is 13.1. The van der Waals surface area contributed by atoms with E-state index in [4.69, 9.17) is 0 Å². The molecule has 0 unspecified atom stereocenters. The number of fused-ring (bicyclic) bond motifs is 1. The first-order valence-corrected chi connectivity index (χ1v) is 11.1. The molecule has 0 bridgehead atoms. The Hall–Kier alpha value is -2.12. The lowest BCUT2D eigenvalue weighted by atomic mass is 10.2. The van der Waals surface area contributed by atoms with Crippen LogP contribution in [0.4, 0.5) is 20.7 Å². The average Bonchev–Trinajstić information content (AvgIpc) is 3.12. The molecule has 1 saturated heterocycles. The Labute approximate surface area is 168 Å². The van der Waals surface area contributed by atoms with Crippen LogP contribution >= 0.6 is 0 Å². The highest BCUT2D eigenvalue weighted by Gasteiger charge is 2.20. The van der Waals surface area contributed by atoms with Gasteiger partial charge in [0.2, 0.25) is 21.9 Å². The summed E-state index contributed by atoms with van der Waals surface area (Å²) < 4.78 is 54.1. The van der Waals surface area contributed by atoms with Gasteiger partial charge in [0.05, 0.1) is 5.75 Å². The summed E-state index contributed by atoms with van der Waals surface area (Å²) in [5.74, 6) is 0.576. The fourth-order valence-electron chi connectivity index (χ4n) is 2.78. The van der Waals surface area contributed by atoms with Crippen LogP contribution in [0.3, 0.4) is 0 Å². The summed E-state index contributed by atoms with van der Waals surface area (Å²) in [6.07, 6.45) is -2.74. The van der Waals surface area contributed by atoms with E-state index in [0.717, 1.165) is 13.1 Å². The molecule has 3 heterocycles. The van der Waals surface area contributed by atoms with Crippen molar-refractivity contribution in [3.8, 4) is 0 Å². The van der Waals surface area contributed by atoms with Crippen LogP contribution in [0, 0.1) is 5.92 Å². The lowest BCUT2D eigenvalue weighted by Crippen LogP contribution is -2.44. The molecule has 1 aliphatic heterocycles. The number of alkyl halides is 2. The summed E-state index contributed by atoms with van der Waals surface area (Å²) in [7, 11) is -3.46. The van der Waals surface area contributed by atoms with E-state index >= 15 is 0 Å². The molecule has 13 heteroatoms. The molecular weight excluding hydrogens is 406 g/mol. The zero-order valence-electron chi connectivity index (χ0n) is 16.4. The van der Waals surface area contributed by atoms with Crippen LogP contribution in [0.15, 0.2) is 6.07 Å². The van der Waals surface area contributed by atoms with Crippen LogP contribution in [0.1, 0.15) is 26.0 Å². The summed E-state index contributed by atoms with van der Waals surface area (Å²) in [6.45, 7) is 7.10. The van der Waals surface area contributed by atoms with E-state index in [9.17, 15) is 17.2 Å². The second-order valence-electron chi connectivity index (χ2n) is 7.21. The molecule has 162 valence electrons. The Morgan fingerprint density at radius 3 is 2.62 bits per heavy atom. The fraction of sp³-hybridized carbons (Fsp3) is 0.688. The predicted molar refractivity (Wildman–Crippen MR) is 106 cm³/mol. The summed E-state index contributed by atoms with van der Waals surface area (Å²) in [5.41, 5.74) is -0.182. The Kier molecular flexibility index (Phi) is 6.80. The van der Waals surface area contributed by atoms with Crippen LogP contribution in [0.2, 0.25) is 0 Å². The summed E-state index contributed by atoms with van der Waals surface area (Å²) in [4.78, 5) is 10.7. The second-order valence-corrected chi connectivity index (χ2v) is 9.14. The van der Waals surface area contributed by atoms with E-state index in [1.165, 1.54) is 10.6 Å². The first-order valence-electron chi connectivity index (χ1n) is 9.48. The molecule has 0 saturated carbocycles. The Morgan fingerprint density at radius 1 is 1.24 bits per heavy atom. The first-order chi connectivity index (χ1) is 13.7. The zero-order valence-corrected chi connectivity index (χ0v) is 17.2. The minimum Gasteiger partial charge on any atom is -0.353 e. The van der Waals surface area contributed by atoms with Gasteiger partial charge >= 0.3 is 0 Å². The molecule has 0 atom stereocenters. The Balaban J connectivity index is 1.80. The van der Waals surface area contributed by atoms with Crippen LogP contribution < -0.4 is 20.3 Å². The van der Waals surface area contributed by atoms with Crippen LogP contribution in [-0.4, -0.2) is 73.0 Å². The van der Waals surface area contributed by atoms with Gasteiger partial charge in [0.15, 0.2) is 5.65 Å². The van der Waals surface area contributed by atoms with Gasteiger partial charge in [-0.15, -0.1) is 0 Å². The Bertz CT molecular complexity index is 928. The highest BCUT2D eigenvalue weighted by molar-refractivity contribution is 7.89. The normalized spacial score (nSPS) is 15.6. The van der Waals surface area contributed by atoms with E-state index < -0.39 is 22.1 Å². The van der Waals surface area contributed by atoms with Crippen molar-refractivity contribution in [1.82, 2.24) is 29.6 Å². The maximum Gasteiger partial charge on any atom is 0.282 e. The van der Waals surface area contributed by atoms with Crippen molar-refractivity contribution < 1.29 is 17.2 Å². The number of nitrogens with one attached hydrogen (secondary N) is 3. The molecule has 29 heavy (non-hydrogen) atoms. The van der Waals surface area contributed by atoms with Crippen LogP contribution in [0.5, 0.6) is 0 Å². The maximum atomic E-state index is 13.1. The molecular formula is C16H26F2N8O2S. The minimum absolute atomic E-state index is 0.0460. The number of sulfonamides is 1. The lowest BCUT2D eigenvalue weighted by Gasteiger charge is -2.27.